The summed E-state index contributed by atoms with van der Waals surface area (Å²) in [5.41, 5.74) is 5.48. The van der Waals surface area contributed by atoms with E-state index in [0.717, 1.165) is 28.3 Å². The Balaban J connectivity index is 1.53. The summed E-state index contributed by atoms with van der Waals surface area (Å²) in [6.45, 7) is 0. The fraction of sp³-hybridized carbons (Fsp3) is 0.154. The number of Topliss-reactive ketones (excluding diaryl/α,β-unsaturated/α-hetero) is 2. The molecule has 0 amide bonds. The van der Waals surface area contributed by atoms with Gasteiger partial charge in [-0.25, -0.2) is 0 Å². The number of carbonyl (C=O) groups excluding carboxylic acids is 2. The van der Waals surface area contributed by atoms with Crippen LogP contribution in [-0.4, -0.2) is 11.6 Å². The summed E-state index contributed by atoms with van der Waals surface area (Å²) in [4.78, 5) is 26.9. The SMILES string of the molecule is O=C1CC(c2ccco2)CC2=C1C(c1ccc(Cl)cc1)C1=C(N2)c2ccccc2C1=O. The van der Waals surface area contributed by atoms with Gasteiger partial charge in [-0.15, -0.1) is 0 Å². The van der Waals surface area contributed by atoms with Crippen molar-refractivity contribution < 1.29 is 14.0 Å². The first-order chi connectivity index (χ1) is 15.1. The number of benzene rings is 2. The molecule has 4 nitrogen and oxygen atoms in total. The maximum Gasteiger partial charge on any atom is 0.192 e. The van der Waals surface area contributed by atoms with E-state index in [9.17, 15) is 9.59 Å². The van der Waals surface area contributed by atoms with Crippen LogP contribution in [-0.2, 0) is 4.79 Å². The summed E-state index contributed by atoms with van der Waals surface area (Å²) < 4.78 is 5.60. The van der Waals surface area contributed by atoms with Crippen LogP contribution in [0.5, 0.6) is 0 Å². The molecule has 0 saturated carbocycles. The summed E-state index contributed by atoms with van der Waals surface area (Å²) in [5.74, 6) is 0.408. The van der Waals surface area contributed by atoms with Gasteiger partial charge in [-0.3, -0.25) is 9.59 Å². The van der Waals surface area contributed by atoms with Crippen molar-refractivity contribution in [1.82, 2.24) is 5.32 Å². The Morgan fingerprint density at radius 3 is 2.39 bits per heavy atom. The van der Waals surface area contributed by atoms with Crippen molar-refractivity contribution in [3.8, 4) is 0 Å². The third-order valence-electron chi connectivity index (χ3n) is 6.46. The minimum atomic E-state index is -0.409. The second kappa shape index (κ2) is 6.82. The van der Waals surface area contributed by atoms with E-state index in [1.54, 1.807) is 6.26 Å². The smallest absolute Gasteiger partial charge is 0.192 e. The van der Waals surface area contributed by atoms with Gasteiger partial charge in [-0.2, -0.15) is 0 Å². The molecule has 6 rings (SSSR count). The molecule has 3 aliphatic rings. The zero-order valence-electron chi connectivity index (χ0n) is 16.5. The van der Waals surface area contributed by atoms with Gasteiger partial charge >= 0.3 is 0 Å². The van der Waals surface area contributed by atoms with Gasteiger partial charge in [-0.1, -0.05) is 48.0 Å². The van der Waals surface area contributed by atoms with Crippen LogP contribution in [0.3, 0.4) is 0 Å². The highest BCUT2D eigenvalue weighted by Crippen LogP contribution is 2.50. The van der Waals surface area contributed by atoms with Crippen LogP contribution < -0.4 is 5.32 Å². The predicted molar refractivity (Wildman–Crippen MR) is 118 cm³/mol. The number of fused-ring (bicyclic) bond motifs is 2. The quantitative estimate of drug-likeness (QED) is 0.576. The Morgan fingerprint density at radius 1 is 0.871 bits per heavy atom. The summed E-state index contributed by atoms with van der Waals surface area (Å²) in [6.07, 6.45) is 2.66. The molecule has 2 atom stereocenters. The Hall–Kier alpha value is -3.37. The van der Waals surface area contributed by atoms with E-state index in [2.05, 4.69) is 5.32 Å². The third kappa shape index (κ3) is 2.75. The van der Waals surface area contributed by atoms with Crippen molar-refractivity contribution in [3.05, 3.63) is 111 Å². The normalized spacial score (nSPS) is 22.2. The molecular formula is C26H18ClNO3. The van der Waals surface area contributed by atoms with E-state index in [4.69, 9.17) is 16.0 Å². The van der Waals surface area contributed by atoms with E-state index in [0.29, 0.717) is 34.6 Å². The van der Waals surface area contributed by atoms with Gasteiger partial charge in [0, 0.05) is 51.2 Å². The highest BCUT2D eigenvalue weighted by Gasteiger charge is 2.45. The van der Waals surface area contributed by atoms with Crippen LogP contribution in [0.1, 0.15) is 51.9 Å². The lowest BCUT2D eigenvalue weighted by molar-refractivity contribution is -0.116. The van der Waals surface area contributed by atoms with E-state index in [1.807, 2.05) is 60.7 Å². The molecule has 2 aromatic carbocycles. The fourth-order valence-electron chi connectivity index (χ4n) is 5.11. The number of hydrogen-bond acceptors (Lipinski definition) is 4. The third-order valence-corrected chi connectivity index (χ3v) is 6.72. The molecule has 31 heavy (non-hydrogen) atoms. The number of ketones is 2. The van der Waals surface area contributed by atoms with Crippen LogP contribution in [0.2, 0.25) is 5.02 Å². The van der Waals surface area contributed by atoms with Crippen LogP contribution in [0.15, 0.2) is 88.2 Å². The van der Waals surface area contributed by atoms with Crippen molar-refractivity contribution in [3.63, 3.8) is 0 Å². The van der Waals surface area contributed by atoms with Gasteiger partial charge in [0.25, 0.3) is 0 Å². The van der Waals surface area contributed by atoms with Gasteiger partial charge in [0.05, 0.1) is 12.0 Å². The largest absolute Gasteiger partial charge is 0.469 e. The zero-order chi connectivity index (χ0) is 21.1. The molecule has 0 fully saturated rings. The molecule has 0 radical (unpaired) electrons. The van der Waals surface area contributed by atoms with Crippen molar-refractivity contribution in [2.75, 3.05) is 0 Å². The lowest BCUT2D eigenvalue weighted by atomic mass is 9.72. The number of carbonyl (C=O) groups is 2. The topological polar surface area (TPSA) is 59.3 Å². The maximum absolute atomic E-state index is 13.5. The molecule has 3 aromatic rings. The first-order valence-electron chi connectivity index (χ1n) is 10.3. The molecule has 2 heterocycles. The molecular weight excluding hydrogens is 410 g/mol. The summed E-state index contributed by atoms with van der Waals surface area (Å²) in [5, 5.41) is 4.11. The molecule has 2 unspecified atom stereocenters. The summed E-state index contributed by atoms with van der Waals surface area (Å²) >= 11 is 6.13. The number of allylic oxidation sites excluding steroid dienone is 3. The van der Waals surface area contributed by atoms with Crippen molar-refractivity contribution >= 4 is 28.9 Å². The van der Waals surface area contributed by atoms with Crippen LogP contribution in [0.4, 0.5) is 0 Å². The van der Waals surface area contributed by atoms with E-state index >= 15 is 0 Å². The summed E-state index contributed by atoms with van der Waals surface area (Å²) in [7, 11) is 0. The van der Waals surface area contributed by atoms with Gasteiger partial charge in [0.1, 0.15) is 5.76 Å². The first-order valence-corrected chi connectivity index (χ1v) is 10.7. The average molecular weight is 428 g/mol. The van der Waals surface area contributed by atoms with Gasteiger partial charge in [0.15, 0.2) is 11.6 Å². The monoisotopic (exact) mass is 427 g/mol. The molecule has 1 aromatic heterocycles. The zero-order valence-corrected chi connectivity index (χ0v) is 17.3. The lowest BCUT2D eigenvalue weighted by Crippen LogP contribution is -2.33. The minimum absolute atomic E-state index is 0.0193. The lowest BCUT2D eigenvalue weighted by Gasteiger charge is -2.35. The average Bonchev–Trinajstić information content (AvgIpc) is 3.41. The molecule has 1 N–H and O–H groups in total. The number of rotatable bonds is 2. The number of dihydropyridines is 1. The number of nitrogens with one attached hydrogen (secondary N) is 1. The molecule has 5 heteroatoms. The Bertz CT molecular complexity index is 1300. The van der Waals surface area contributed by atoms with Gasteiger partial charge in [0.2, 0.25) is 0 Å². The van der Waals surface area contributed by atoms with Crippen LogP contribution >= 0.6 is 11.6 Å². The van der Waals surface area contributed by atoms with Gasteiger partial charge < -0.3 is 9.73 Å². The molecule has 0 bridgehead atoms. The van der Waals surface area contributed by atoms with Crippen LogP contribution in [0.25, 0.3) is 5.70 Å². The van der Waals surface area contributed by atoms with Crippen molar-refractivity contribution in [2.45, 2.75) is 24.7 Å². The number of hydrogen-bond donors (Lipinski definition) is 1. The number of furan rings is 1. The molecule has 2 aliphatic carbocycles. The second-order valence-corrected chi connectivity index (χ2v) is 8.65. The summed E-state index contributed by atoms with van der Waals surface area (Å²) in [6, 6.07) is 18.8. The minimum Gasteiger partial charge on any atom is -0.469 e. The van der Waals surface area contributed by atoms with Crippen molar-refractivity contribution in [1.29, 1.82) is 0 Å². The fourth-order valence-corrected chi connectivity index (χ4v) is 5.23. The maximum atomic E-state index is 13.5. The molecule has 152 valence electrons. The molecule has 1 aliphatic heterocycles. The first kappa shape index (κ1) is 18.4. The van der Waals surface area contributed by atoms with Crippen molar-refractivity contribution in [2.24, 2.45) is 0 Å². The molecule has 0 saturated heterocycles. The Kier molecular flexibility index (Phi) is 4.05. The second-order valence-electron chi connectivity index (χ2n) is 8.21. The van der Waals surface area contributed by atoms with Gasteiger partial charge in [-0.05, 0) is 36.2 Å². The molecule has 0 spiro atoms. The number of halogens is 1. The van der Waals surface area contributed by atoms with Crippen LogP contribution in [0, 0.1) is 0 Å². The predicted octanol–water partition coefficient (Wildman–Crippen LogP) is 5.63. The Labute approximate surface area is 184 Å². The highest BCUT2D eigenvalue weighted by atomic mass is 35.5. The van der Waals surface area contributed by atoms with E-state index < -0.39 is 5.92 Å². The standard InChI is InChI=1S/C26H18ClNO3/c27-16-9-7-14(8-10-16)22-23-19(12-15(13-20(23)29)21-6-3-11-31-21)28-25-17-4-1-2-5-18(17)26(30)24(22)25/h1-11,15,22,28H,12-13H2. The Morgan fingerprint density at radius 2 is 1.65 bits per heavy atom. The van der Waals surface area contributed by atoms with E-state index in [-0.39, 0.29) is 17.5 Å². The highest BCUT2D eigenvalue weighted by molar-refractivity contribution is 6.30. The van der Waals surface area contributed by atoms with E-state index in [1.165, 1.54) is 0 Å².